The summed E-state index contributed by atoms with van der Waals surface area (Å²) in [5, 5.41) is 6.26. The number of amides is 1. The van der Waals surface area contributed by atoms with Crippen molar-refractivity contribution >= 4 is 5.91 Å². The first kappa shape index (κ1) is 11.5. The van der Waals surface area contributed by atoms with E-state index in [2.05, 4.69) is 24.5 Å². The van der Waals surface area contributed by atoms with Crippen LogP contribution in [-0.4, -0.2) is 25.0 Å². The van der Waals surface area contributed by atoms with Gasteiger partial charge in [-0.15, -0.1) is 0 Å². The van der Waals surface area contributed by atoms with E-state index in [1.807, 2.05) is 0 Å². The molecular formula is C11H22N2O. The van der Waals surface area contributed by atoms with Gasteiger partial charge in [0, 0.05) is 19.0 Å². The lowest BCUT2D eigenvalue weighted by Gasteiger charge is -2.07. The molecule has 0 aromatic heterocycles. The standard InChI is InChI=1S/C11H22N2O/c1-9(2)12-7-3-4-11(14)13-8-10-5-6-10/h9-10,12H,3-8H2,1-2H3,(H,13,14). The Morgan fingerprint density at radius 1 is 1.43 bits per heavy atom. The lowest BCUT2D eigenvalue weighted by molar-refractivity contribution is -0.121. The second-order valence-electron chi connectivity index (χ2n) is 4.46. The molecule has 1 saturated carbocycles. The second-order valence-corrected chi connectivity index (χ2v) is 4.46. The molecule has 0 heterocycles. The van der Waals surface area contributed by atoms with Gasteiger partial charge < -0.3 is 10.6 Å². The first-order chi connectivity index (χ1) is 6.68. The van der Waals surface area contributed by atoms with E-state index in [0.717, 1.165) is 25.4 Å². The zero-order valence-corrected chi connectivity index (χ0v) is 9.31. The van der Waals surface area contributed by atoms with Crippen LogP contribution in [0.3, 0.4) is 0 Å². The molecule has 0 spiro atoms. The van der Waals surface area contributed by atoms with E-state index in [1.54, 1.807) is 0 Å². The predicted molar refractivity (Wildman–Crippen MR) is 58.1 cm³/mol. The van der Waals surface area contributed by atoms with Crippen LogP contribution >= 0.6 is 0 Å². The van der Waals surface area contributed by atoms with Gasteiger partial charge in [-0.3, -0.25) is 4.79 Å². The van der Waals surface area contributed by atoms with E-state index in [0.29, 0.717) is 12.5 Å². The number of hydrogen-bond donors (Lipinski definition) is 2. The molecule has 0 unspecified atom stereocenters. The van der Waals surface area contributed by atoms with E-state index in [1.165, 1.54) is 12.8 Å². The molecule has 3 nitrogen and oxygen atoms in total. The number of carbonyl (C=O) groups excluding carboxylic acids is 1. The third kappa shape index (κ3) is 5.97. The highest BCUT2D eigenvalue weighted by Crippen LogP contribution is 2.27. The van der Waals surface area contributed by atoms with Crippen LogP contribution in [0.5, 0.6) is 0 Å². The molecule has 1 amide bonds. The molecule has 1 aliphatic rings. The Hall–Kier alpha value is -0.570. The van der Waals surface area contributed by atoms with E-state index in [-0.39, 0.29) is 5.91 Å². The van der Waals surface area contributed by atoms with Gasteiger partial charge in [0.1, 0.15) is 0 Å². The van der Waals surface area contributed by atoms with Crippen molar-refractivity contribution in [2.45, 2.75) is 45.6 Å². The summed E-state index contributed by atoms with van der Waals surface area (Å²) in [5.74, 6) is 0.996. The predicted octanol–water partition coefficient (Wildman–Crippen LogP) is 1.29. The first-order valence-electron chi connectivity index (χ1n) is 5.68. The molecule has 0 aliphatic heterocycles. The molecule has 14 heavy (non-hydrogen) atoms. The van der Waals surface area contributed by atoms with Gasteiger partial charge in [0.25, 0.3) is 0 Å². The summed E-state index contributed by atoms with van der Waals surface area (Å²) < 4.78 is 0. The van der Waals surface area contributed by atoms with Gasteiger partial charge in [-0.1, -0.05) is 13.8 Å². The Morgan fingerprint density at radius 2 is 2.14 bits per heavy atom. The number of hydrogen-bond acceptors (Lipinski definition) is 2. The highest BCUT2D eigenvalue weighted by molar-refractivity contribution is 5.75. The third-order valence-corrected chi connectivity index (χ3v) is 2.42. The van der Waals surface area contributed by atoms with Gasteiger partial charge in [0.05, 0.1) is 0 Å². The SMILES string of the molecule is CC(C)NCCCC(=O)NCC1CC1. The topological polar surface area (TPSA) is 41.1 Å². The van der Waals surface area contributed by atoms with Crippen molar-refractivity contribution < 1.29 is 4.79 Å². The van der Waals surface area contributed by atoms with Gasteiger partial charge in [-0.05, 0) is 31.7 Å². The quantitative estimate of drug-likeness (QED) is 0.605. The van der Waals surface area contributed by atoms with Crippen molar-refractivity contribution in [2.75, 3.05) is 13.1 Å². The molecular weight excluding hydrogens is 176 g/mol. The van der Waals surface area contributed by atoms with Gasteiger partial charge in [-0.2, -0.15) is 0 Å². The maximum Gasteiger partial charge on any atom is 0.220 e. The fourth-order valence-electron chi connectivity index (χ4n) is 1.31. The van der Waals surface area contributed by atoms with Crippen LogP contribution in [-0.2, 0) is 4.79 Å². The Bertz CT molecular complexity index is 176. The molecule has 0 bridgehead atoms. The third-order valence-electron chi connectivity index (χ3n) is 2.42. The van der Waals surface area contributed by atoms with Crippen LogP contribution in [0.25, 0.3) is 0 Å². The van der Waals surface area contributed by atoms with Crippen molar-refractivity contribution in [3.8, 4) is 0 Å². The lowest BCUT2D eigenvalue weighted by Crippen LogP contribution is -2.28. The minimum atomic E-state index is 0.211. The molecule has 1 aliphatic carbocycles. The van der Waals surface area contributed by atoms with E-state index >= 15 is 0 Å². The fraction of sp³-hybridized carbons (Fsp3) is 0.909. The minimum absolute atomic E-state index is 0.211. The van der Waals surface area contributed by atoms with Crippen LogP contribution in [0.15, 0.2) is 0 Å². The maximum absolute atomic E-state index is 11.3. The van der Waals surface area contributed by atoms with Crippen LogP contribution in [0.4, 0.5) is 0 Å². The number of carbonyl (C=O) groups is 1. The zero-order valence-electron chi connectivity index (χ0n) is 9.31. The minimum Gasteiger partial charge on any atom is -0.356 e. The average molecular weight is 198 g/mol. The average Bonchev–Trinajstić information content (AvgIpc) is 2.92. The van der Waals surface area contributed by atoms with Crippen molar-refractivity contribution in [2.24, 2.45) is 5.92 Å². The molecule has 2 N–H and O–H groups in total. The molecule has 82 valence electrons. The van der Waals surface area contributed by atoms with E-state index < -0.39 is 0 Å². The molecule has 3 heteroatoms. The highest BCUT2D eigenvalue weighted by Gasteiger charge is 2.21. The van der Waals surface area contributed by atoms with Crippen LogP contribution < -0.4 is 10.6 Å². The molecule has 0 atom stereocenters. The zero-order chi connectivity index (χ0) is 10.4. The molecule has 1 fully saturated rings. The van der Waals surface area contributed by atoms with Crippen molar-refractivity contribution in [3.63, 3.8) is 0 Å². The summed E-state index contributed by atoms with van der Waals surface area (Å²) in [6.07, 6.45) is 4.20. The second kappa shape index (κ2) is 6.02. The van der Waals surface area contributed by atoms with Crippen molar-refractivity contribution in [1.29, 1.82) is 0 Å². The summed E-state index contributed by atoms with van der Waals surface area (Å²) in [6.45, 7) is 6.07. The summed E-state index contributed by atoms with van der Waals surface area (Å²) >= 11 is 0. The van der Waals surface area contributed by atoms with Crippen LogP contribution in [0.2, 0.25) is 0 Å². The summed E-state index contributed by atoms with van der Waals surface area (Å²) in [6, 6.07) is 0.518. The molecule has 0 radical (unpaired) electrons. The van der Waals surface area contributed by atoms with E-state index in [4.69, 9.17) is 0 Å². The Kier molecular flexibility index (Phi) is 4.94. The molecule has 0 aromatic rings. The Morgan fingerprint density at radius 3 is 2.71 bits per heavy atom. The van der Waals surface area contributed by atoms with E-state index in [9.17, 15) is 4.79 Å². The largest absolute Gasteiger partial charge is 0.356 e. The lowest BCUT2D eigenvalue weighted by atomic mass is 10.2. The fourth-order valence-corrected chi connectivity index (χ4v) is 1.31. The van der Waals surface area contributed by atoms with Gasteiger partial charge in [-0.25, -0.2) is 0 Å². The number of nitrogens with one attached hydrogen (secondary N) is 2. The molecule has 1 rings (SSSR count). The smallest absolute Gasteiger partial charge is 0.220 e. The Labute approximate surface area is 86.6 Å². The summed E-state index contributed by atoms with van der Waals surface area (Å²) in [4.78, 5) is 11.3. The van der Waals surface area contributed by atoms with Crippen LogP contribution in [0.1, 0.15) is 39.5 Å². The number of rotatable bonds is 7. The maximum atomic E-state index is 11.3. The molecule has 0 saturated heterocycles. The van der Waals surface area contributed by atoms with Gasteiger partial charge in [0.2, 0.25) is 5.91 Å². The monoisotopic (exact) mass is 198 g/mol. The summed E-state index contributed by atoms with van der Waals surface area (Å²) in [5.41, 5.74) is 0. The summed E-state index contributed by atoms with van der Waals surface area (Å²) in [7, 11) is 0. The van der Waals surface area contributed by atoms with Crippen LogP contribution in [0, 0.1) is 5.92 Å². The Balaban J connectivity index is 1.86. The van der Waals surface area contributed by atoms with Gasteiger partial charge >= 0.3 is 0 Å². The first-order valence-corrected chi connectivity index (χ1v) is 5.68. The van der Waals surface area contributed by atoms with Crippen molar-refractivity contribution in [3.05, 3.63) is 0 Å². The molecule has 0 aromatic carbocycles. The normalized spacial score (nSPS) is 15.9. The van der Waals surface area contributed by atoms with Crippen molar-refractivity contribution in [1.82, 2.24) is 10.6 Å². The van der Waals surface area contributed by atoms with Gasteiger partial charge in [0.15, 0.2) is 0 Å². The highest BCUT2D eigenvalue weighted by atomic mass is 16.1.